The first kappa shape index (κ1) is 29.6. The second-order valence-electron chi connectivity index (χ2n) is 10.6. The molecule has 12 nitrogen and oxygen atoms in total. The van der Waals surface area contributed by atoms with Gasteiger partial charge in [-0.1, -0.05) is 26.0 Å². The van der Waals surface area contributed by atoms with Gasteiger partial charge in [-0.05, 0) is 36.8 Å². The molecule has 2 heterocycles. The Kier molecular flexibility index (Phi) is 9.36. The van der Waals surface area contributed by atoms with Crippen LogP contribution >= 0.6 is 0 Å². The first-order chi connectivity index (χ1) is 16.8. The van der Waals surface area contributed by atoms with E-state index in [2.05, 4.69) is 0 Å². The fraction of sp³-hybridized carbons (Fsp3) is 0.833. The molecule has 2 aliphatic heterocycles. The van der Waals surface area contributed by atoms with Crippen molar-refractivity contribution in [2.45, 2.75) is 101 Å². The summed E-state index contributed by atoms with van der Waals surface area (Å²) in [5, 5.41) is 81.5. The average Bonchev–Trinajstić information content (AvgIpc) is 3.09. The van der Waals surface area contributed by atoms with Crippen molar-refractivity contribution in [2.75, 3.05) is 19.8 Å². The van der Waals surface area contributed by atoms with Gasteiger partial charge in [0, 0.05) is 0 Å². The van der Waals surface area contributed by atoms with Crippen LogP contribution in [0.15, 0.2) is 23.3 Å². The normalized spacial score (nSPS) is 44.4. The third-order valence-corrected chi connectivity index (χ3v) is 7.17. The smallest absolute Gasteiger partial charge is 0.187 e. The highest BCUT2D eigenvalue weighted by Gasteiger charge is 2.54. The molecule has 1 aliphatic carbocycles. The van der Waals surface area contributed by atoms with E-state index < -0.39 is 92.2 Å². The number of rotatable bonds is 8. The Balaban J connectivity index is 1.90. The molecule has 0 bridgehead atoms. The van der Waals surface area contributed by atoms with Gasteiger partial charge < -0.3 is 59.8 Å². The minimum Gasteiger partial charge on any atom is -0.394 e. The summed E-state index contributed by atoms with van der Waals surface area (Å²) in [7, 11) is 0. The maximum absolute atomic E-state index is 10.9. The van der Waals surface area contributed by atoms with Crippen molar-refractivity contribution in [2.24, 2.45) is 5.41 Å². The third-order valence-electron chi connectivity index (χ3n) is 7.17. The molecular formula is C24H40O12. The van der Waals surface area contributed by atoms with Crippen molar-refractivity contribution in [3.05, 3.63) is 23.3 Å². The van der Waals surface area contributed by atoms with E-state index in [-0.39, 0.29) is 0 Å². The van der Waals surface area contributed by atoms with Crippen LogP contribution in [0.2, 0.25) is 0 Å². The van der Waals surface area contributed by atoms with Crippen molar-refractivity contribution in [3.8, 4) is 0 Å². The second-order valence-corrected chi connectivity index (χ2v) is 10.6. The summed E-state index contributed by atoms with van der Waals surface area (Å²) in [5.74, 6) is 0. The average molecular weight is 521 g/mol. The number of allylic oxidation sites excluding steroid dienone is 2. The molecule has 8 N–H and O–H groups in total. The maximum atomic E-state index is 10.9. The summed E-state index contributed by atoms with van der Waals surface area (Å²) < 4.78 is 22.7. The van der Waals surface area contributed by atoms with Crippen molar-refractivity contribution in [3.63, 3.8) is 0 Å². The fourth-order valence-corrected chi connectivity index (χ4v) is 5.02. The van der Waals surface area contributed by atoms with Gasteiger partial charge in [0.15, 0.2) is 12.6 Å². The lowest BCUT2D eigenvalue weighted by Gasteiger charge is -2.46. The highest BCUT2D eigenvalue weighted by atomic mass is 16.8. The Bertz CT molecular complexity index is 813. The largest absolute Gasteiger partial charge is 0.394 e. The van der Waals surface area contributed by atoms with Crippen LogP contribution in [-0.2, 0) is 18.9 Å². The minimum atomic E-state index is -1.98. The number of ether oxygens (including phenoxy) is 4. The molecule has 36 heavy (non-hydrogen) atoms. The van der Waals surface area contributed by atoms with E-state index in [1.54, 1.807) is 26.0 Å². The van der Waals surface area contributed by atoms with Gasteiger partial charge in [0.25, 0.3) is 0 Å². The molecule has 0 spiro atoms. The molecule has 0 aromatic carbocycles. The van der Waals surface area contributed by atoms with Crippen molar-refractivity contribution >= 4 is 0 Å². The minimum absolute atomic E-state index is 0.301. The quantitative estimate of drug-likeness (QED) is 0.170. The van der Waals surface area contributed by atoms with Crippen molar-refractivity contribution < 1.29 is 59.8 Å². The lowest BCUT2D eigenvalue weighted by Crippen LogP contribution is -2.62. The predicted octanol–water partition coefficient (Wildman–Crippen LogP) is -2.32. The lowest BCUT2D eigenvalue weighted by atomic mass is 9.70. The lowest BCUT2D eigenvalue weighted by molar-refractivity contribution is -0.345. The molecule has 0 amide bonds. The van der Waals surface area contributed by atoms with Gasteiger partial charge >= 0.3 is 0 Å². The summed E-state index contributed by atoms with van der Waals surface area (Å²) in [6, 6.07) is 0. The molecule has 208 valence electrons. The van der Waals surface area contributed by atoms with Crippen LogP contribution in [0.1, 0.15) is 34.1 Å². The Morgan fingerprint density at radius 1 is 1.08 bits per heavy atom. The number of aliphatic hydroxyl groups is 8. The standard InChI is InChI=1S/C24H40O12/c1-11(27)5-6-13-12(2)18(14(28)7-23(13,3)4)35-21-19(17(30)16(29)15(8-25)34-21)36-22-20(31)24(32,9-26)10-33-22/h5-6,11,14-22,25-32H,7-10H2,1-4H3/b6-5+/t11-,14+,15-,16-,17+,18-,19-,20+,21+,22-,24+/m1/s1. The van der Waals surface area contributed by atoms with Crippen LogP contribution in [0.4, 0.5) is 0 Å². The monoisotopic (exact) mass is 520 g/mol. The second kappa shape index (κ2) is 11.4. The van der Waals surface area contributed by atoms with Gasteiger partial charge in [-0.25, -0.2) is 0 Å². The summed E-state index contributed by atoms with van der Waals surface area (Å²) in [6.07, 6.45) is -9.47. The molecule has 0 aromatic heterocycles. The molecule has 12 heteroatoms. The molecule has 0 unspecified atom stereocenters. The molecule has 2 fully saturated rings. The number of hydrogen-bond acceptors (Lipinski definition) is 12. The molecule has 0 saturated carbocycles. The van der Waals surface area contributed by atoms with Gasteiger partial charge in [-0.15, -0.1) is 0 Å². The summed E-state index contributed by atoms with van der Waals surface area (Å²) in [5.41, 5.74) is -0.957. The van der Waals surface area contributed by atoms with E-state index in [0.717, 1.165) is 5.57 Å². The predicted molar refractivity (Wildman–Crippen MR) is 123 cm³/mol. The van der Waals surface area contributed by atoms with Crippen LogP contribution in [0.3, 0.4) is 0 Å². The summed E-state index contributed by atoms with van der Waals surface area (Å²) >= 11 is 0. The number of aliphatic hydroxyl groups excluding tert-OH is 7. The Morgan fingerprint density at radius 2 is 1.75 bits per heavy atom. The highest BCUT2D eigenvalue weighted by molar-refractivity contribution is 5.36. The van der Waals surface area contributed by atoms with Gasteiger partial charge in [0.05, 0.1) is 32.0 Å². The Labute approximate surface area is 210 Å². The molecule has 3 rings (SSSR count). The zero-order valence-corrected chi connectivity index (χ0v) is 21.0. The molecule has 0 radical (unpaired) electrons. The van der Waals surface area contributed by atoms with E-state index in [0.29, 0.717) is 12.0 Å². The molecule has 3 aliphatic rings. The van der Waals surface area contributed by atoms with Gasteiger partial charge in [0.1, 0.15) is 42.2 Å². The van der Waals surface area contributed by atoms with E-state index in [4.69, 9.17) is 18.9 Å². The topological polar surface area (TPSA) is 199 Å². The van der Waals surface area contributed by atoms with Gasteiger partial charge in [-0.3, -0.25) is 0 Å². The van der Waals surface area contributed by atoms with Crippen LogP contribution in [0.25, 0.3) is 0 Å². The maximum Gasteiger partial charge on any atom is 0.187 e. The molecule has 2 saturated heterocycles. The van der Waals surface area contributed by atoms with Crippen LogP contribution in [0, 0.1) is 5.41 Å². The highest BCUT2D eigenvalue weighted by Crippen LogP contribution is 2.43. The van der Waals surface area contributed by atoms with Gasteiger partial charge in [-0.2, -0.15) is 0 Å². The Hall–Kier alpha value is -1.00. The number of hydrogen-bond donors (Lipinski definition) is 8. The van der Waals surface area contributed by atoms with Gasteiger partial charge in [0.2, 0.25) is 0 Å². The third kappa shape index (κ3) is 5.85. The summed E-state index contributed by atoms with van der Waals surface area (Å²) in [4.78, 5) is 0. The zero-order chi connectivity index (χ0) is 27.0. The molecule has 0 aromatic rings. The van der Waals surface area contributed by atoms with E-state index >= 15 is 0 Å². The van der Waals surface area contributed by atoms with Crippen molar-refractivity contribution in [1.82, 2.24) is 0 Å². The van der Waals surface area contributed by atoms with Crippen LogP contribution in [-0.4, -0.2) is 128 Å². The van der Waals surface area contributed by atoms with E-state index in [1.165, 1.54) is 0 Å². The van der Waals surface area contributed by atoms with Crippen LogP contribution < -0.4 is 0 Å². The molecular weight excluding hydrogens is 480 g/mol. The fourth-order valence-electron chi connectivity index (χ4n) is 5.02. The van der Waals surface area contributed by atoms with Crippen LogP contribution in [0.5, 0.6) is 0 Å². The summed E-state index contributed by atoms with van der Waals surface area (Å²) in [6.45, 7) is 5.38. The first-order valence-corrected chi connectivity index (χ1v) is 12.1. The Morgan fingerprint density at radius 3 is 2.31 bits per heavy atom. The zero-order valence-electron chi connectivity index (χ0n) is 21.0. The molecule has 11 atom stereocenters. The van der Waals surface area contributed by atoms with Crippen molar-refractivity contribution in [1.29, 1.82) is 0 Å². The van der Waals surface area contributed by atoms with E-state index in [9.17, 15) is 40.9 Å². The first-order valence-electron chi connectivity index (χ1n) is 12.1. The SMILES string of the molecule is CC1=C(/C=C/[C@@H](C)O)C(C)(C)C[C@H](O)[C@@H]1O[C@@H]1O[C@H](CO)[C@@H](O)[C@H](O)[C@H]1O[C@H]1OC[C@@](O)(CO)[C@H]1O. The van der Waals surface area contributed by atoms with E-state index in [1.807, 2.05) is 13.8 Å².